The highest BCUT2D eigenvalue weighted by molar-refractivity contribution is 5.79. The molecule has 0 saturated carbocycles. The molecule has 6 heteroatoms. The van der Waals surface area contributed by atoms with Crippen LogP contribution in [0, 0.1) is 5.41 Å². The molecule has 1 amide bonds. The maximum atomic E-state index is 12.1. The van der Waals surface area contributed by atoms with E-state index in [0.717, 1.165) is 0 Å². The molecule has 0 atom stereocenters. The first-order chi connectivity index (χ1) is 10.4. The van der Waals surface area contributed by atoms with Gasteiger partial charge in [0.15, 0.2) is 0 Å². The standard InChI is InChI=1S/C16H21N3O3/c1-16(2,7-8-20)11-18-14(21)10-19-13-6-4-3-5-12(13)17-9-15(19)22/h3-6,9,20H,7-8,10-11H2,1-2H3,(H,18,21). The number of nitrogens with one attached hydrogen (secondary N) is 1. The van der Waals surface area contributed by atoms with Crippen LogP contribution in [0.2, 0.25) is 0 Å². The zero-order valence-corrected chi connectivity index (χ0v) is 12.9. The van der Waals surface area contributed by atoms with Gasteiger partial charge in [-0.3, -0.25) is 14.2 Å². The van der Waals surface area contributed by atoms with Gasteiger partial charge in [-0.2, -0.15) is 0 Å². The summed E-state index contributed by atoms with van der Waals surface area (Å²) in [7, 11) is 0. The summed E-state index contributed by atoms with van der Waals surface area (Å²) in [5.74, 6) is -0.232. The van der Waals surface area contributed by atoms with Gasteiger partial charge in [-0.15, -0.1) is 0 Å². The lowest BCUT2D eigenvalue weighted by molar-refractivity contribution is -0.122. The van der Waals surface area contributed by atoms with Crippen molar-refractivity contribution in [3.8, 4) is 0 Å². The Labute approximate surface area is 128 Å². The van der Waals surface area contributed by atoms with Gasteiger partial charge in [0.2, 0.25) is 5.91 Å². The topological polar surface area (TPSA) is 84.2 Å². The van der Waals surface area contributed by atoms with E-state index >= 15 is 0 Å². The summed E-state index contributed by atoms with van der Waals surface area (Å²) >= 11 is 0. The van der Waals surface area contributed by atoms with Crippen LogP contribution in [0.1, 0.15) is 20.3 Å². The number of aliphatic hydroxyl groups excluding tert-OH is 1. The second-order valence-electron chi connectivity index (χ2n) is 6.09. The van der Waals surface area contributed by atoms with Gasteiger partial charge in [-0.1, -0.05) is 26.0 Å². The highest BCUT2D eigenvalue weighted by Gasteiger charge is 2.18. The molecule has 0 spiro atoms. The number of carbonyl (C=O) groups excluding carboxylic acids is 1. The van der Waals surface area contributed by atoms with E-state index < -0.39 is 0 Å². The van der Waals surface area contributed by atoms with Gasteiger partial charge in [0, 0.05) is 13.2 Å². The van der Waals surface area contributed by atoms with Gasteiger partial charge in [0.25, 0.3) is 5.56 Å². The van der Waals surface area contributed by atoms with E-state index in [9.17, 15) is 9.59 Å². The summed E-state index contributed by atoms with van der Waals surface area (Å²) in [5.41, 5.74) is 0.828. The molecule has 0 aliphatic carbocycles. The number of nitrogens with zero attached hydrogens (tertiary/aromatic N) is 2. The number of aliphatic hydroxyl groups is 1. The second kappa shape index (κ2) is 6.70. The Morgan fingerprint density at radius 1 is 1.36 bits per heavy atom. The van der Waals surface area contributed by atoms with E-state index in [-0.39, 0.29) is 30.0 Å². The fourth-order valence-corrected chi connectivity index (χ4v) is 2.21. The lowest BCUT2D eigenvalue weighted by Gasteiger charge is -2.24. The molecule has 2 N–H and O–H groups in total. The van der Waals surface area contributed by atoms with Crippen LogP contribution in [0.15, 0.2) is 35.3 Å². The average molecular weight is 303 g/mol. The number of hydrogen-bond donors (Lipinski definition) is 2. The Morgan fingerprint density at radius 3 is 2.82 bits per heavy atom. The number of benzene rings is 1. The fraction of sp³-hybridized carbons (Fsp3) is 0.438. The first-order valence-electron chi connectivity index (χ1n) is 7.25. The summed E-state index contributed by atoms with van der Waals surface area (Å²) in [6, 6.07) is 7.21. The van der Waals surface area contributed by atoms with Crippen molar-refractivity contribution in [3.05, 3.63) is 40.8 Å². The molecule has 22 heavy (non-hydrogen) atoms. The SMILES string of the molecule is CC(C)(CCO)CNC(=O)Cn1c(=O)cnc2ccccc21. The van der Waals surface area contributed by atoms with E-state index in [0.29, 0.717) is 24.0 Å². The predicted molar refractivity (Wildman–Crippen MR) is 84.5 cm³/mol. The van der Waals surface area contributed by atoms with Gasteiger partial charge >= 0.3 is 0 Å². The number of rotatable bonds is 6. The van der Waals surface area contributed by atoms with E-state index in [2.05, 4.69) is 10.3 Å². The van der Waals surface area contributed by atoms with Crippen molar-refractivity contribution >= 4 is 16.9 Å². The van der Waals surface area contributed by atoms with Crippen LogP contribution in [-0.2, 0) is 11.3 Å². The molecule has 1 aromatic heterocycles. The summed E-state index contributed by atoms with van der Waals surface area (Å²) in [6.45, 7) is 4.42. The van der Waals surface area contributed by atoms with Crippen molar-refractivity contribution in [2.45, 2.75) is 26.8 Å². The number of carbonyl (C=O) groups is 1. The van der Waals surface area contributed by atoms with E-state index in [1.807, 2.05) is 26.0 Å². The van der Waals surface area contributed by atoms with Gasteiger partial charge in [-0.25, -0.2) is 4.98 Å². The average Bonchev–Trinajstić information content (AvgIpc) is 2.48. The van der Waals surface area contributed by atoms with Crippen molar-refractivity contribution in [2.24, 2.45) is 5.41 Å². The fourth-order valence-electron chi connectivity index (χ4n) is 2.21. The number of para-hydroxylation sites is 2. The zero-order valence-electron chi connectivity index (χ0n) is 12.9. The Morgan fingerprint density at radius 2 is 2.09 bits per heavy atom. The Balaban J connectivity index is 2.12. The molecule has 6 nitrogen and oxygen atoms in total. The van der Waals surface area contributed by atoms with Crippen LogP contribution in [0.5, 0.6) is 0 Å². The summed E-state index contributed by atoms with van der Waals surface area (Å²) in [4.78, 5) is 28.1. The molecule has 0 aliphatic heterocycles. The van der Waals surface area contributed by atoms with Crippen LogP contribution < -0.4 is 10.9 Å². The molecule has 1 aromatic carbocycles. The van der Waals surface area contributed by atoms with Gasteiger partial charge in [-0.05, 0) is 24.0 Å². The lowest BCUT2D eigenvalue weighted by atomic mass is 9.90. The van der Waals surface area contributed by atoms with Crippen molar-refractivity contribution in [3.63, 3.8) is 0 Å². The van der Waals surface area contributed by atoms with Crippen molar-refractivity contribution in [1.82, 2.24) is 14.9 Å². The summed E-state index contributed by atoms with van der Waals surface area (Å²) in [6.07, 6.45) is 1.83. The van der Waals surface area contributed by atoms with Gasteiger partial charge < -0.3 is 10.4 Å². The van der Waals surface area contributed by atoms with Crippen molar-refractivity contribution < 1.29 is 9.90 Å². The number of hydrogen-bond acceptors (Lipinski definition) is 4. The Bertz CT molecular complexity index is 722. The van der Waals surface area contributed by atoms with Crippen LogP contribution in [0.25, 0.3) is 11.0 Å². The maximum Gasteiger partial charge on any atom is 0.269 e. The zero-order chi connectivity index (χ0) is 16.2. The van der Waals surface area contributed by atoms with Crippen LogP contribution in [0.4, 0.5) is 0 Å². The van der Waals surface area contributed by atoms with E-state index in [4.69, 9.17) is 5.11 Å². The van der Waals surface area contributed by atoms with Gasteiger partial charge in [0.05, 0.1) is 17.2 Å². The van der Waals surface area contributed by atoms with E-state index in [1.165, 1.54) is 10.8 Å². The molecule has 0 unspecified atom stereocenters. The van der Waals surface area contributed by atoms with Gasteiger partial charge in [0.1, 0.15) is 6.54 Å². The minimum Gasteiger partial charge on any atom is -0.396 e. The van der Waals surface area contributed by atoms with Crippen LogP contribution in [0.3, 0.4) is 0 Å². The Kier molecular flexibility index (Phi) is 4.92. The molecule has 0 fully saturated rings. The number of amides is 1. The van der Waals surface area contributed by atoms with Crippen molar-refractivity contribution in [1.29, 1.82) is 0 Å². The number of fused-ring (bicyclic) bond motifs is 1. The largest absolute Gasteiger partial charge is 0.396 e. The first-order valence-corrected chi connectivity index (χ1v) is 7.25. The third-order valence-electron chi connectivity index (χ3n) is 3.61. The molecule has 0 aliphatic rings. The molecule has 118 valence electrons. The maximum absolute atomic E-state index is 12.1. The molecule has 0 saturated heterocycles. The molecule has 0 radical (unpaired) electrons. The second-order valence-corrected chi connectivity index (χ2v) is 6.09. The third kappa shape index (κ3) is 3.92. The lowest BCUT2D eigenvalue weighted by Crippen LogP contribution is -2.38. The smallest absolute Gasteiger partial charge is 0.269 e. The molecule has 0 bridgehead atoms. The minimum atomic E-state index is -0.302. The van der Waals surface area contributed by atoms with Crippen LogP contribution in [-0.4, -0.2) is 33.7 Å². The summed E-state index contributed by atoms with van der Waals surface area (Å²) < 4.78 is 1.41. The molecule has 2 rings (SSSR count). The number of aromatic nitrogens is 2. The third-order valence-corrected chi connectivity index (χ3v) is 3.61. The molecule has 1 heterocycles. The minimum absolute atomic E-state index is 0.0446. The monoisotopic (exact) mass is 303 g/mol. The normalized spacial score (nSPS) is 11.6. The van der Waals surface area contributed by atoms with Crippen LogP contribution >= 0.6 is 0 Å². The predicted octanol–water partition coefficient (Wildman–Crippen LogP) is 0.921. The van der Waals surface area contributed by atoms with E-state index in [1.54, 1.807) is 12.1 Å². The highest BCUT2D eigenvalue weighted by atomic mass is 16.3. The first kappa shape index (κ1) is 16.2. The molecular weight excluding hydrogens is 282 g/mol. The highest BCUT2D eigenvalue weighted by Crippen LogP contribution is 2.17. The summed E-state index contributed by atoms with van der Waals surface area (Å²) in [5, 5.41) is 11.8. The molecule has 2 aromatic rings. The van der Waals surface area contributed by atoms with Crippen molar-refractivity contribution in [2.75, 3.05) is 13.2 Å². The quantitative estimate of drug-likeness (QED) is 0.831. The Hall–Kier alpha value is -2.21. The molecular formula is C16H21N3O3.